The Labute approximate surface area is 176 Å². The second kappa shape index (κ2) is 8.14. The predicted molar refractivity (Wildman–Crippen MR) is 122 cm³/mol. The second-order valence-corrected chi connectivity index (χ2v) is 7.83. The van der Waals surface area contributed by atoms with E-state index in [1.807, 2.05) is 6.07 Å². The summed E-state index contributed by atoms with van der Waals surface area (Å²) in [7, 11) is 0. The molecule has 2 aliphatic rings. The number of nitrogens with one attached hydrogen (secondary N) is 1. The summed E-state index contributed by atoms with van der Waals surface area (Å²) >= 11 is 0. The van der Waals surface area contributed by atoms with Crippen LogP contribution in [0.25, 0.3) is 10.8 Å². The first kappa shape index (κ1) is 18.6. The molecule has 0 atom stereocenters. The predicted octanol–water partition coefficient (Wildman–Crippen LogP) is 3.21. The van der Waals surface area contributed by atoms with Gasteiger partial charge in [0, 0.05) is 49.1 Å². The lowest BCUT2D eigenvalue weighted by atomic mass is 10.0. The van der Waals surface area contributed by atoms with E-state index in [0.29, 0.717) is 0 Å². The number of aliphatic imine (C=N–C) groups is 1. The molecule has 1 N–H and O–H groups in total. The van der Waals surface area contributed by atoms with E-state index in [1.165, 1.54) is 22.0 Å². The van der Waals surface area contributed by atoms with Gasteiger partial charge in [-0.1, -0.05) is 54.6 Å². The average Bonchev–Trinajstić information content (AvgIpc) is 2.80. The Morgan fingerprint density at radius 3 is 2.30 bits per heavy atom. The molecule has 152 valence electrons. The van der Waals surface area contributed by atoms with Gasteiger partial charge in [-0.2, -0.15) is 5.10 Å². The number of fused-ring (bicyclic) bond motifs is 1. The second-order valence-electron chi connectivity index (χ2n) is 7.83. The molecule has 1 aromatic heterocycles. The van der Waals surface area contributed by atoms with E-state index < -0.39 is 0 Å². The van der Waals surface area contributed by atoms with Crippen molar-refractivity contribution in [1.82, 2.24) is 20.4 Å². The number of anilines is 1. The van der Waals surface area contributed by atoms with Crippen LogP contribution in [0.5, 0.6) is 0 Å². The van der Waals surface area contributed by atoms with Gasteiger partial charge in [-0.05, 0) is 18.6 Å². The fourth-order valence-corrected chi connectivity index (χ4v) is 4.14. The fourth-order valence-electron chi connectivity index (χ4n) is 4.14. The third-order valence-corrected chi connectivity index (χ3v) is 5.78. The minimum absolute atomic E-state index is 0.757. The van der Waals surface area contributed by atoms with Crippen molar-refractivity contribution in [3.8, 4) is 0 Å². The Morgan fingerprint density at radius 1 is 0.833 bits per heavy atom. The monoisotopic (exact) mass is 398 g/mol. The summed E-state index contributed by atoms with van der Waals surface area (Å²) < 4.78 is 0. The van der Waals surface area contributed by atoms with Crippen molar-refractivity contribution in [2.24, 2.45) is 4.99 Å². The first-order chi connectivity index (χ1) is 14.8. The summed E-state index contributed by atoms with van der Waals surface area (Å²) in [5.41, 5.74) is 3.46. The zero-order valence-electron chi connectivity index (χ0n) is 17.3. The van der Waals surface area contributed by atoms with E-state index in [1.54, 1.807) is 0 Å². The summed E-state index contributed by atoms with van der Waals surface area (Å²) in [6.07, 6.45) is 2.90. The quantitative estimate of drug-likeness (QED) is 0.734. The molecule has 30 heavy (non-hydrogen) atoms. The Morgan fingerprint density at radius 2 is 1.53 bits per heavy atom. The molecule has 0 spiro atoms. The normalized spacial score (nSPS) is 16.8. The SMILES string of the molecule is CC1=CCN=C(N2CCN(c3nnc(Cc4ccccc4)c4ccccc34)CC2)N1. The summed E-state index contributed by atoms with van der Waals surface area (Å²) in [4.78, 5) is 9.29. The minimum atomic E-state index is 0.757. The topological polar surface area (TPSA) is 56.7 Å². The van der Waals surface area contributed by atoms with Gasteiger partial charge >= 0.3 is 0 Å². The van der Waals surface area contributed by atoms with Crippen LogP contribution < -0.4 is 10.2 Å². The Bertz CT molecular complexity index is 1100. The van der Waals surface area contributed by atoms with Gasteiger partial charge in [0.05, 0.1) is 12.2 Å². The number of benzene rings is 2. The van der Waals surface area contributed by atoms with Crippen molar-refractivity contribution >= 4 is 22.5 Å². The van der Waals surface area contributed by atoms with Crippen LogP contribution in [0.2, 0.25) is 0 Å². The third-order valence-electron chi connectivity index (χ3n) is 5.78. The number of piperazine rings is 1. The summed E-state index contributed by atoms with van der Waals surface area (Å²) in [6, 6.07) is 19.0. The molecule has 2 aromatic carbocycles. The maximum absolute atomic E-state index is 4.68. The van der Waals surface area contributed by atoms with E-state index in [4.69, 9.17) is 0 Å². The van der Waals surface area contributed by atoms with Gasteiger partial charge in [0.2, 0.25) is 0 Å². The first-order valence-corrected chi connectivity index (χ1v) is 10.5. The van der Waals surface area contributed by atoms with E-state index in [0.717, 1.165) is 56.6 Å². The van der Waals surface area contributed by atoms with Crippen molar-refractivity contribution in [2.75, 3.05) is 37.6 Å². The first-order valence-electron chi connectivity index (χ1n) is 10.5. The van der Waals surface area contributed by atoms with E-state index in [2.05, 4.69) is 91.8 Å². The van der Waals surface area contributed by atoms with E-state index in [9.17, 15) is 0 Å². The maximum Gasteiger partial charge on any atom is 0.198 e. The largest absolute Gasteiger partial charge is 0.351 e. The van der Waals surface area contributed by atoms with Crippen LogP contribution in [0.1, 0.15) is 18.2 Å². The number of hydrogen-bond acceptors (Lipinski definition) is 6. The van der Waals surface area contributed by atoms with Crippen molar-refractivity contribution in [2.45, 2.75) is 13.3 Å². The third kappa shape index (κ3) is 3.73. The smallest absolute Gasteiger partial charge is 0.198 e. The molecule has 6 heteroatoms. The molecule has 3 heterocycles. The molecule has 2 aliphatic heterocycles. The molecule has 0 saturated carbocycles. The lowest BCUT2D eigenvalue weighted by Gasteiger charge is -2.38. The van der Waals surface area contributed by atoms with Gasteiger partial charge in [-0.25, -0.2) is 4.99 Å². The van der Waals surface area contributed by atoms with Gasteiger partial charge < -0.3 is 15.1 Å². The van der Waals surface area contributed by atoms with Crippen LogP contribution >= 0.6 is 0 Å². The van der Waals surface area contributed by atoms with Crippen LogP contribution in [0.15, 0.2) is 71.4 Å². The molecule has 0 aliphatic carbocycles. The molecule has 3 aromatic rings. The highest BCUT2D eigenvalue weighted by atomic mass is 15.4. The zero-order valence-corrected chi connectivity index (χ0v) is 17.3. The van der Waals surface area contributed by atoms with Gasteiger partial charge in [-0.3, -0.25) is 0 Å². The van der Waals surface area contributed by atoms with Crippen LogP contribution in [0, 0.1) is 0 Å². The highest BCUT2D eigenvalue weighted by Gasteiger charge is 2.23. The van der Waals surface area contributed by atoms with E-state index in [-0.39, 0.29) is 0 Å². The molecule has 1 fully saturated rings. The van der Waals surface area contributed by atoms with Crippen LogP contribution in [-0.4, -0.2) is 53.8 Å². The highest BCUT2D eigenvalue weighted by molar-refractivity contribution is 5.93. The molecule has 0 radical (unpaired) electrons. The van der Waals surface area contributed by atoms with Crippen LogP contribution in [0.3, 0.4) is 0 Å². The highest BCUT2D eigenvalue weighted by Crippen LogP contribution is 2.27. The molecule has 0 unspecified atom stereocenters. The number of aromatic nitrogens is 2. The number of guanidine groups is 1. The summed E-state index contributed by atoms with van der Waals surface area (Å²) in [5, 5.41) is 15.1. The van der Waals surface area contributed by atoms with E-state index >= 15 is 0 Å². The van der Waals surface area contributed by atoms with Crippen molar-refractivity contribution in [3.63, 3.8) is 0 Å². The minimum Gasteiger partial charge on any atom is -0.351 e. The van der Waals surface area contributed by atoms with Crippen LogP contribution in [-0.2, 0) is 6.42 Å². The van der Waals surface area contributed by atoms with Gasteiger partial charge in [0.15, 0.2) is 11.8 Å². The molecule has 6 nitrogen and oxygen atoms in total. The molecule has 0 bridgehead atoms. The van der Waals surface area contributed by atoms with Crippen molar-refractivity contribution in [1.29, 1.82) is 0 Å². The fraction of sp³-hybridized carbons (Fsp3) is 0.292. The van der Waals surface area contributed by atoms with Gasteiger partial charge in [0.1, 0.15) is 0 Å². The zero-order chi connectivity index (χ0) is 20.3. The van der Waals surface area contributed by atoms with Crippen molar-refractivity contribution in [3.05, 3.63) is 77.6 Å². The number of rotatable bonds is 3. The summed E-state index contributed by atoms with van der Waals surface area (Å²) in [6.45, 7) is 6.49. The number of allylic oxidation sites excluding steroid dienone is 1. The number of nitrogens with zero attached hydrogens (tertiary/aromatic N) is 5. The number of hydrogen-bond donors (Lipinski definition) is 1. The molecule has 5 rings (SSSR count). The Hall–Kier alpha value is -3.41. The molecule has 1 saturated heterocycles. The maximum atomic E-state index is 4.68. The van der Waals surface area contributed by atoms with Crippen molar-refractivity contribution < 1.29 is 0 Å². The summed E-state index contributed by atoms with van der Waals surface area (Å²) in [5.74, 6) is 1.97. The average molecular weight is 399 g/mol. The lowest BCUT2D eigenvalue weighted by Crippen LogP contribution is -2.53. The van der Waals surface area contributed by atoms with Gasteiger partial charge in [0.25, 0.3) is 0 Å². The molecular weight excluding hydrogens is 372 g/mol. The van der Waals surface area contributed by atoms with Gasteiger partial charge in [-0.15, -0.1) is 5.10 Å². The standard InChI is InChI=1S/C24H26N6/c1-18-11-12-25-24(26-18)30-15-13-29(14-16-30)23-21-10-6-5-9-20(21)22(27-28-23)17-19-7-3-2-4-8-19/h2-11H,12-17H2,1H3,(H,25,26). The Kier molecular flexibility index (Phi) is 5.05. The lowest BCUT2D eigenvalue weighted by molar-refractivity contribution is 0.373. The molecule has 0 amide bonds. The molecular formula is C24H26N6. The Balaban J connectivity index is 1.37. The van der Waals surface area contributed by atoms with Crippen LogP contribution in [0.4, 0.5) is 5.82 Å².